The number of fused-ring (bicyclic) bond motifs is 1. The molecular weight excluding hydrogens is 386 g/mol. The molecule has 1 aliphatic carbocycles. The lowest BCUT2D eigenvalue weighted by atomic mass is 10.1. The maximum absolute atomic E-state index is 10.8. The van der Waals surface area contributed by atoms with Crippen LogP contribution in [-0.2, 0) is 24.4 Å². The molecule has 158 valence electrons. The number of carbonyl (C=O) groups excluding carboxylic acids is 1. The Bertz CT molecular complexity index is 980. The van der Waals surface area contributed by atoms with Crippen molar-refractivity contribution >= 4 is 5.91 Å². The Morgan fingerprint density at radius 2 is 1.84 bits per heavy atom. The zero-order valence-electron chi connectivity index (χ0n) is 17.8. The first-order valence-electron chi connectivity index (χ1n) is 10.0. The molecule has 2 aromatic rings. The number of terminal acetylenes is 1. The van der Waals surface area contributed by atoms with Gasteiger partial charge < -0.3 is 14.6 Å². The number of rotatable bonds is 4. The van der Waals surface area contributed by atoms with Crippen LogP contribution in [0.4, 0.5) is 0 Å². The molecule has 31 heavy (non-hydrogen) atoms. The van der Waals surface area contributed by atoms with Gasteiger partial charge in [0.2, 0.25) is 5.91 Å². The van der Waals surface area contributed by atoms with Gasteiger partial charge in [0.25, 0.3) is 0 Å². The smallest absolute Gasteiger partial charge is 0.234 e. The molecule has 1 amide bonds. The van der Waals surface area contributed by atoms with Crippen LogP contribution in [0.2, 0.25) is 0 Å². The Balaban J connectivity index is 0.000000216. The van der Waals surface area contributed by atoms with Gasteiger partial charge in [-0.25, -0.2) is 0 Å². The fraction of sp³-hybridized carbons (Fsp3) is 0.231. The Labute approximate surface area is 184 Å². The van der Waals surface area contributed by atoms with Crippen molar-refractivity contribution in [1.29, 1.82) is 5.26 Å². The van der Waals surface area contributed by atoms with Gasteiger partial charge in [0, 0.05) is 18.8 Å². The van der Waals surface area contributed by atoms with E-state index >= 15 is 0 Å². The van der Waals surface area contributed by atoms with E-state index in [4.69, 9.17) is 9.68 Å². The molecule has 5 nitrogen and oxygen atoms in total. The van der Waals surface area contributed by atoms with Crippen LogP contribution in [0.1, 0.15) is 36.7 Å². The maximum Gasteiger partial charge on any atom is 0.234 e. The van der Waals surface area contributed by atoms with Crippen LogP contribution in [0.25, 0.3) is 0 Å². The third-order valence-corrected chi connectivity index (χ3v) is 4.77. The topological polar surface area (TPSA) is 69.3 Å². The van der Waals surface area contributed by atoms with E-state index in [1.54, 1.807) is 18.2 Å². The summed E-state index contributed by atoms with van der Waals surface area (Å²) in [6.07, 6.45) is 19.5. The van der Waals surface area contributed by atoms with Gasteiger partial charge in [-0.1, -0.05) is 48.1 Å². The van der Waals surface area contributed by atoms with E-state index in [-0.39, 0.29) is 12.3 Å². The molecule has 0 bridgehead atoms. The van der Waals surface area contributed by atoms with Gasteiger partial charge in [0.1, 0.15) is 12.2 Å². The van der Waals surface area contributed by atoms with Crippen molar-refractivity contribution in [3.8, 4) is 18.9 Å². The van der Waals surface area contributed by atoms with E-state index in [1.165, 1.54) is 28.7 Å². The molecule has 0 radical (unpaired) electrons. The third-order valence-electron chi connectivity index (χ3n) is 4.77. The number of hydrogen-bond acceptors (Lipinski definition) is 4. The molecule has 0 spiro atoms. The van der Waals surface area contributed by atoms with Gasteiger partial charge in [-0.3, -0.25) is 4.79 Å². The van der Waals surface area contributed by atoms with Crippen LogP contribution >= 0.6 is 0 Å². The largest absolute Gasteiger partial charge is 0.467 e. The normalized spacial score (nSPS) is 13.7. The summed E-state index contributed by atoms with van der Waals surface area (Å²) in [5, 5.41) is 10.7. The molecule has 4 rings (SSSR count). The Hall–Kier alpha value is -3.96. The average molecular weight is 414 g/mol. The Kier molecular flexibility index (Phi) is 9.46. The fourth-order valence-corrected chi connectivity index (χ4v) is 3.20. The molecule has 0 fully saturated rings. The zero-order chi connectivity index (χ0) is 22.5. The highest BCUT2D eigenvalue weighted by Crippen LogP contribution is 2.27. The lowest BCUT2D eigenvalue weighted by Gasteiger charge is -2.18. The number of hydrogen-bond donors (Lipinski definition) is 1. The van der Waals surface area contributed by atoms with Crippen LogP contribution in [0.5, 0.6) is 0 Å². The number of carbonyl (C=O) groups is 1. The van der Waals surface area contributed by atoms with Crippen molar-refractivity contribution in [2.24, 2.45) is 0 Å². The standard InChI is InChI=1S/C16H17N.C8H8N2O2.C2H2/c1-13-5-4-8-16(10-9-13)17-11-14-6-2-3-7-15(14)12-17;9-4-3-8(11)10-6-7-2-1-5-12-7;1-2/h2-3,5-10H,4,11-12H2,1H3;1-2,5H,3,6H2,(H,10,11);1-2H. The summed E-state index contributed by atoms with van der Waals surface area (Å²) in [5.41, 5.74) is 5.65. The number of nitrogens with one attached hydrogen (secondary N) is 1. The summed E-state index contributed by atoms with van der Waals surface area (Å²) >= 11 is 0. The van der Waals surface area contributed by atoms with E-state index in [9.17, 15) is 4.79 Å². The first-order chi connectivity index (χ1) is 15.2. The van der Waals surface area contributed by atoms with Gasteiger partial charge in [-0.15, -0.1) is 12.8 Å². The van der Waals surface area contributed by atoms with Gasteiger partial charge in [-0.2, -0.15) is 5.26 Å². The quantitative estimate of drug-likeness (QED) is 0.728. The fourth-order valence-electron chi connectivity index (χ4n) is 3.20. The number of allylic oxidation sites excluding steroid dienone is 5. The lowest BCUT2D eigenvalue weighted by Crippen LogP contribution is -2.21. The minimum Gasteiger partial charge on any atom is -0.467 e. The molecule has 1 aliphatic heterocycles. The van der Waals surface area contributed by atoms with E-state index < -0.39 is 0 Å². The van der Waals surface area contributed by atoms with Gasteiger partial charge in [-0.05, 0) is 42.7 Å². The monoisotopic (exact) mass is 413 g/mol. The number of amides is 1. The van der Waals surface area contributed by atoms with Crippen molar-refractivity contribution in [2.75, 3.05) is 0 Å². The van der Waals surface area contributed by atoms with Gasteiger partial charge in [0.05, 0.1) is 18.9 Å². The molecular formula is C26H27N3O2. The highest BCUT2D eigenvalue weighted by atomic mass is 16.3. The second kappa shape index (κ2) is 12.6. The predicted octanol–water partition coefficient (Wildman–Crippen LogP) is 4.85. The van der Waals surface area contributed by atoms with Crippen LogP contribution in [0, 0.1) is 24.2 Å². The molecule has 1 aromatic heterocycles. The van der Waals surface area contributed by atoms with Crippen LogP contribution in [0.15, 0.2) is 82.7 Å². The molecule has 1 aromatic carbocycles. The lowest BCUT2D eigenvalue weighted by molar-refractivity contribution is -0.120. The SMILES string of the molecule is C#C.CC1=CCC=C(N2Cc3ccccc3C2)C=C1.N#CCC(=O)NCc1ccco1. The molecule has 0 saturated carbocycles. The summed E-state index contributed by atoms with van der Waals surface area (Å²) in [6, 6.07) is 14.0. The van der Waals surface area contributed by atoms with Crippen molar-refractivity contribution in [2.45, 2.75) is 39.4 Å². The van der Waals surface area contributed by atoms with Crippen LogP contribution in [-0.4, -0.2) is 10.8 Å². The third kappa shape index (κ3) is 7.42. The number of nitrogens with zero attached hydrogens (tertiary/aromatic N) is 2. The molecule has 2 heterocycles. The van der Waals surface area contributed by atoms with Gasteiger partial charge in [0.15, 0.2) is 0 Å². The second-order valence-corrected chi connectivity index (χ2v) is 6.96. The highest BCUT2D eigenvalue weighted by molar-refractivity contribution is 5.77. The molecule has 1 N–H and O–H groups in total. The Morgan fingerprint density at radius 3 is 2.45 bits per heavy atom. The number of benzene rings is 1. The second-order valence-electron chi connectivity index (χ2n) is 6.96. The van der Waals surface area contributed by atoms with E-state index in [0.717, 1.165) is 19.5 Å². The van der Waals surface area contributed by atoms with E-state index in [2.05, 4.69) is 78.6 Å². The summed E-state index contributed by atoms with van der Waals surface area (Å²) in [6.45, 7) is 4.59. The first-order valence-corrected chi connectivity index (χ1v) is 10.0. The van der Waals surface area contributed by atoms with Crippen LogP contribution in [0.3, 0.4) is 0 Å². The zero-order valence-corrected chi connectivity index (χ0v) is 17.8. The molecule has 5 heteroatoms. The number of furan rings is 1. The summed E-state index contributed by atoms with van der Waals surface area (Å²) in [5.74, 6) is 0.398. The first kappa shape index (κ1) is 23.3. The molecule has 0 saturated heterocycles. The van der Waals surface area contributed by atoms with E-state index in [0.29, 0.717) is 12.3 Å². The Morgan fingerprint density at radius 1 is 1.13 bits per heavy atom. The van der Waals surface area contributed by atoms with Crippen molar-refractivity contribution in [3.05, 3.63) is 95.1 Å². The summed E-state index contributed by atoms with van der Waals surface area (Å²) in [4.78, 5) is 13.2. The highest BCUT2D eigenvalue weighted by Gasteiger charge is 2.19. The summed E-state index contributed by atoms with van der Waals surface area (Å²) in [7, 11) is 0. The van der Waals surface area contributed by atoms with Crippen molar-refractivity contribution in [1.82, 2.24) is 10.2 Å². The minimum absolute atomic E-state index is 0.110. The molecule has 0 atom stereocenters. The maximum atomic E-state index is 10.8. The predicted molar refractivity (Wildman–Crippen MR) is 122 cm³/mol. The average Bonchev–Trinajstić information content (AvgIpc) is 3.41. The van der Waals surface area contributed by atoms with Crippen molar-refractivity contribution in [3.63, 3.8) is 0 Å². The van der Waals surface area contributed by atoms with E-state index in [1.807, 2.05) is 0 Å². The molecule has 0 unspecified atom stereocenters. The number of nitriles is 1. The minimum atomic E-state index is -0.283. The van der Waals surface area contributed by atoms with Gasteiger partial charge >= 0.3 is 0 Å². The van der Waals surface area contributed by atoms with Crippen LogP contribution < -0.4 is 5.32 Å². The van der Waals surface area contributed by atoms with Crippen molar-refractivity contribution < 1.29 is 9.21 Å². The summed E-state index contributed by atoms with van der Waals surface area (Å²) < 4.78 is 4.96. The molecule has 2 aliphatic rings.